The maximum Gasteiger partial charge on any atom is 0.179 e. The predicted octanol–water partition coefficient (Wildman–Crippen LogP) is 1.84. The van der Waals surface area contributed by atoms with Crippen molar-refractivity contribution >= 4 is 20.8 Å². The third-order valence-electron chi connectivity index (χ3n) is 1.84. The summed E-state index contributed by atoms with van der Waals surface area (Å²) in [5.41, 5.74) is 0.600. The molecule has 0 fully saturated rings. The van der Waals surface area contributed by atoms with Gasteiger partial charge >= 0.3 is 0 Å². The minimum atomic E-state index is -3.18. The van der Waals surface area contributed by atoms with E-state index in [9.17, 15) is 8.42 Å². The lowest BCUT2D eigenvalue weighted by Crippen LogP contribution is -1.94. The second-order valence-electron chi connectivity index (χ2n) is 2.87. The van der Waals surface area contributed by atoms with Crippen molar-refractivity contribution < 1.29 is 12.8 Å². The van der Waals surface area contributed by atoms with E-state index in [2.05, 4.69) is 0 Å². The third-order valence-corrected chi connectivity index (χ3v) is 2.96. The average Bonchev–Trinajstić information content (AvgIpc) is 2.45. The Labute approximate surface area is 75.9 Å². The smallest absolute Gasteiger partial charge is 0.179 e. The number of benzene rings is 1. The minimum Gasteiger partial charge on any atom is -0.463 e. The van der Waals surface area contributed by atoms with Crippen LogP contribution in [0.3, 0.4) is 0 Å². The summed E-state index contributed by atoms with van der Waals surface area (Å²) in [6.45, 7) is 0. The van der Waals surface area contributed by atoms with Gasteiger partial charge in [-0.3, -0.25) is 0 Å². The lowest BCUT2D eigenvalue weighted by atomic mass is 10.3. The zero-order valence-corrected chi connectivity index (χ0v) is 7.84. The molecule has 0 aliphatic heterocycles. The first kappa shape index (κ1) is 8.31. The van der Waals surface area contributed by atoms with Crippen molar-refractivity contribution in [2.75, 3.05) is 6.26 Å². The lowest BCUT2D eigenvalue weighted by Gasteiger charge is -1.91. The molecular formula is C9H8O3S. The first-order valence-corrected chi connectivity index (χ1v) is 5.64. The van der Waals surface area contributed by atoms with Crippen LogP contribution < -0.4 is 0 Å². The first-order chi connectivity index (χ1) is 6.09. The van der Waals surface area contributed by atoms with Crippen molar-refractivity contribution in [1.29, 1.82) is 0 Å². The van der Waals surface area contributed by atoms with Crippen LogP contribution in [-0.2, 0) is 9.84 Å². The molecule has 0 atom stereocenters. The highest BCUT2D eigenvalue weighted by molar-refractivity contribution is 7.91. The van der Waals surface area contributed by atoms with Gasteiger partial charge in [0.2, 0.25) is 0 Å². The Morgan fingerprint density at radius 3 is 2.62 bits per heavy atom. The van der Waals surface area contributed by atoms with Gasteiger partial charge in [-0.2, -0.15) is 0 Å². The molecule has 2 aromatic rings. The third kappa shape index (κ3) is 1.33. The molecule has 1 aromatic carbocycles. The SMILES string of the molecule is CS(=O)(=O)c1coc2ccccc12. The fourth-order valence-corrected chi connectivity index (χ4v) is 2.03. The van der Waals surface area contributed by atoms with Crippen molar-refractivity contribution in [2.24, 2.45) is 0 Å². The van der Waals surface area contributed by atoms with Gasteiger partial charge in [0.1, 0.15) is 16.7 Å². The zero-order valence-electron chi connectivity index (χ0n) is 7.02. The van der Waals surface area contributed by atoms with E-state index in [0.29, 0.717) is 11.0 Å². The van der Waals surface area contributed by atoms with Crippen LogP contribution in [0.4, 0.5) is 0 Å². The number of rotatable bonds is 1. The summed E-state index contributed by atoms with van der Waals surface area (Å²) >= 11 is 0. The van der Waals surface area contributed by atoms with Gasteiger partial charge < -0.3 is 4.42 Å². The van der Waals surface area contributed by atoms with E-state index in [1.54, 1.807) is 24.3 Å². The Morgan fingerprint density at radius 1 is 1.23 bits per heavy atom. The fraction of sp³-hybridized carbons (Fsp3) is 0.111. The van der Waals surface area contributed by atoms with Crippen LogP contribution in [0.25, 0.3) is 11.0 Å². The lowest BCUT2D eigenvalue weighted by molar-refractivity contribution is 0.588. The van der Waals surface area contributed by atoms with Crippen molar-refractivity contribution in [3.63, 3.8) is 0 Å². The highest BCUT2D eigenvalue weighted by atomic mass is 32.2. The van der Waals surface area contributed by atoms with Gasteiger partial charge in [0.25, 0.3) is 0 Å². The highest BCUT2D eigenvalue weighted by Gasteiger charge is 2.14. The van der Waals surface area contributed by atoms with E-state index in [1.165, 1.54) is 12.5 Å². The normalized spacial score (nSPS) is 12.1. The second-order valence-corrected chi connectivity index (χ2v) is 4.85. The maximum absolute atomic E-state index is 11.2. The molecule has 0 saturated carbocycles. The van der Waals surface area contributed by atoms with Gasteiger partial charge in [-0.25, -0.2) is 8.42 Å². The van der Waals surface area contributed by atoms with E-state index in [0.717, 1.165) is 0 Å². The van der Waals surface area contributed by atoms with E-state index in [4.69, 9.17) is 4.42 Å². The second kappa shape index (κ2) is 2.60. The Hall–Kier alpha value is -1.29. The van der Waals surface area contributed by atoms with Gasteiger partial charge in [-0.15, -0.1) is 0 Å². The molecule has 68 valence electrons. The zero-order chi connectivity index (χ0) is 9.47. The van der Waals surface area contributed by atoms with Gasteiger partial charge in [0.05, 0.1) is 0 Å². The Balaban J connectivity index is 2.87. The summed E-state index contributed by atoms with van der Waals surface area (Å²) in [4.78, 5) is 0.253. The Morgan fingerprint density at radius 2 is 1.92 bits per heavy atom. The van der Waals surface area contributed by atoms with E-state index < -0.39 is 9.84 Å². The highest BCUT2D eigenvalue weighted by Crippen LogP contribution is 2.24. The van der Waals surface area contributed by atoms with Crippen LogP contribution in [0.5, 0.6) is 0 Å². The topological polar surface area (TPSA) is 47.3 Å². The minimum absolute atomic E-state index is 0.253. The first-order valence-electron chi connectivity index (χ1n) is 3.75. The van der Waals surface area contributed by atoms with Crippen LogP contribution in [0.1, 0.15) is 0 Å². The molecule has 4 heteroatoms. The molecule has 0 amide bonds. The molecule has 1 aromatic heterocycles. The predicted molar refractivity (Wildman–Crippen MR) is 49.3 cm³/mol. The molecule has 2 rings (SSSR count). The van der Waals surface area contributed by atoms with E-state index in [-0.39, 0.29) is 4.90 Å². The summed E-state index contributed by atoms with van der Waals surface area (Å²) in [6, 6.07) is 7.06. The molecule has 0 radical (unpaired) electrons. The Kier molecular flexibility index (Phi) is 1.66. The van der Waals surface area contributed by atoms with Crippen LogP contribution in [-0.4, -0.2) is 14.7 Å². The van der Waals surface area contributed by atoms with Crippen molar-refractivity contribution in [1.82, 2.24) is 0 Å². The van der Waals surface area contributed by atoms with Crippen molar-refractivity contribution in [2.45, 2.75) is 4.90 Å². The summed E-state index contributed by atoms with van der Waals surface area (Å²) in [7, 11) is -3.18. The van der Waals surface area contributed by atoms with Gasteiger partial charge in [0, 0.05) is 11.6 Å². The maximum atomic E-state index is 11.2. The van der Waals surface area contributed by atoms with E-state index >= 15 is 0 Å². The monoisotopic (exact) mass is 196 g/mol. The molecule has 0 bridgehead atoms. The average molecular weight is 196 g/mol. The number of sulfone groups is 1. The van der Waals surface area contributed by atoms with E-state index in [1.807, 2.05) is 0 Å². The molecule has 13 heavy (non-hydrogen) atoms. The molecular weight excluding hydrogens is 188 g/mol. The summed E-state index contributed by atoms with van der Waals surface area (Å²) in [6.07, 6.45) is 2.45. The standard InChI is InChI=1S/C9H8O3S/c1-13(10,11)9-6-12-8-5-3-2-4-7(8)9/h2-6H,1H3. The van der Waals surface area contributed by atoms with Crippen LogP contribution in [0, 0.1) is 0 Å². The number of furan rings is 1. The molecule has 0 N–H and O–H groups in total. The molecule has 1 heterocycles. The van der Waals surface area contributed by atoms with Crippen LogP contribution in [0.2, 0.25) is 0 Å². The van der Waals surface area contributed by atoms with Crippen LogP contribution >= 0.6 is 0 Å². The molecule has 0 saturated heterocycles. The summed E-state index contributed by atoms with van der Waals surface area (Å²) in [5, 5.41) is 0.644. The molecule has 3 nitrogen and oxygen atoms in total. The number of hydrogen-bond acceptors (Lipinski definition) is 3. The van der Waals surface area contributed by atoms with Crippen molar-refractivity contribution in [3.8, 4) is 0 Å². The summed E-state index contributed by atoms with van der Waals surface area (Å²) in [5.74, 6) is 0. The fourth-order valence-electron chi connectivity index (χ4n) is 1.24. The molecule has 0 unspecified atom stereocenters. The molecule has 0 spiro atoms. The number of para-hydroxylation sites is 1. The summed E-state index contributed by atoms with van der Waals surface area (Å²) < 4.78 is 27.6. The quantitative estimate of drug-likeness (QED) is 0.699. The largest absolute Gasteiger partial charge is 0.463 e. The molecule has 0 aliphatic carbocycles. The van der Waals surface area contributed by atoms with Crippen molar-refractivity contribution in [3.05, 3.63) is 30.5 Å². The van der Waals surface area contributed by atoms with Gasteiger partial charge in [0.15, 0.2) is 9.84 Å². The molecule has 0 aliphatic rings. The van der Waals surface area contributed by atoms with Gasteiger partial charge in [-0.05, 0) is 12.1 Å². The Bertz CT molecular complexity index is 537. The van der Waals surface area contributed by atoms with Gasteiger partial charge in [-0.1, -0.05) is 12.1 Å². The van der Waals surface area contributed by atoms with Crippen LogP contribution in [0.15, 0.2) is 39.8 Å². The number of fused-ring (bicyclic) bond motifs is 1. The number of hydrogen-bond donors (Lipinski definition) is 0.